The van der Waals surface area contributed by atoms with Gasteiger partial charge in [0, 0.05) is 6.61 Å². The first-order valence-electron chi connectivity index (χ1n) is 6.19. The average molecular weight is 250 g/mol. The predicted molar refractivity (Wildman–Crippen MR) is 66.6 cm³/mol. The first-order chi connectivity index (χ1) is 8.58. The van der Waals surface area contributed by atoms with Gasteiger partial charge in [0.2, 0.25) is 0 Å². The van der Waals surface area contributed by atoms with Crippen molar-refractivity contribution in [2.45, 2.75) is 32.5 Å². The Bertz CT molecular complexity index is 428. The van der Waals surface area contributed by atoms with Crippen LogP contribution in [0.25, 0.3) is 0 Å². The molecule has 2 rings (SSSR count). The van der Waals surface area contributed by atoms with Gasteiger partial charge in [-0.2, -0.15) is 0 Å². The Morgan fingerprint density at radius 2 is 2.28 bits per heavy atom. The minimum Gasteiger partial charge on any atom is -0.491 e. The van der Waals surface area contributed by atoms with Gasteiger partial charge < -0.3 is 14.6 Å². The van der Waals surface area contributed by atoms with Crippen molar-refractivity contribution in [1.82, 2.24) is 0 Å². The molecule has 0 saturated carbocycles. The van der Waals surface area contributed by atoms with Crippen LogP contribution in [-0.4, -0.2) is 23.8 Å². The van der Waals surface area contributed by atoms with Gasteiger partial charge in [-0.05, 0) is 38.0 Å². The highest BCUT2D eigenvalue weighted by molar-refractivity contribution is 5.71. The van der Waals surface area contributed by atoms with E-state index in [0.29, 0.717) is 13.0 Å². The Hall–Kier alpha value is -1.55. The molecule has 4 heteroatoms. The van der Waals surface area contributed by atoms with E-state index in [1.807, 2.05) is 38.1 Å². The normalized spacial score (nSPS) is 23.3. The number of carbonyl (C=O) groups is 1. The summed E-state index contributed by atoms with van der Waals surface area (Å²) in [5, 5.41) is 9.15. The lowest BCUT2D eigenvalue weighted by molar-refractivity contribution is -0.143. The monoisotopic (exact) mass is 250 g/mol. The molecule has 0 aromatic heterocycles. The number of aliphatic carboxylic acids is 1. The molecule has 0 bridgehead atoms. The molecule has 1 fully saturated rings. The lowest BCUT2D eigenvalue weighted by Gasteiger charge is -2.17. The summed E-state index contributed by atoms with van der Waals surface area (Å²) in [6, 6.07) is 7.49. The molecule has 1 aromatic carbocycles. The van der Waals surface area contributed by atoms with Gasteiger partial charge in [-0.3, -0.25) is 4.79 Å². The average Bonchev–Trinajstić information content (AvgIpc) is 2.77. The van der Waals surface area contributed by atoms with Crippen LogP contribution in [0.5, 0.6) is 5.75 Å². The van der Waals surface area contributed by atoms with Gasteiger partial charge in [0.05, 0.1) is 18.1 Å². The summed E-state index contributed by atoms with van der Waals surface area (Å²) in [6.07, 6.45) is 0.299. The van der Waals surface area contributed by atoms with Crippen molar-refractivity contribution in [3.8, 4) is 5.75 Å². The van der Waals surface area contributed by atoms with E-state index < -0.39 is 11.9 Å². The van der Waals surface area contributed by atoms with Crippen molar-refractivity contribution in [3.05, 3.63) is 29.8 Å². The summed E-state index contributed by atoms with van der Waals surface area (Å²) < 4.78 is 11.1. The summed E-state index contributed by atoms with van der Waals surface area (Å²) in [4.78, 5) is 11.1. The highest BCUT2D eigenvalue weighted by Crippen LogP contribution is 2.35. The molecular weight excluding hydrogens is 232 g/mol. The molecule has 1 aliphatic heterocycles. The summed E-state index contributed by atoms with van der Waals surface area (Å²) in [5.74, 6) is -0.505. The van der Waals surface area contributed by atoms with Crippen molar-refractivity contribution in [2.24, 2.45) is 5.92 Å². The first-order valence-corrected chi connectivity index (χ1v) is 6.19. The molecule has 18 heavy (non-hydrogen) atoms. The maximum atomic E-state index is 11.1. The second-order valence-corrected chi connectivity index (χ2v) is 4.76. The molecule has 0 radical (unpaired) electrons. The summed E-state index contributed by atoms with van der Waals surface area (Å²) in [5.41, 5.74) is 0.873. The van der Waals surface area contributed by atoms with Crippen LogP contribution in [0.3, 0.4) is 0 Å². The van der Waals surface area contributed by atoms with Gasteiger partial charge in [0.1, 0.15) is 5.75 Å². The third-order valence-electron chi connectivity index (χ3n) is 2.97. The SMILES string of the molecule is CC(C)Oc1cccc(C2OCCC2C(=O)O)c1. The molecule has 1 heterocycles. The summed E-state index contributed by atoms with van der Waals surface area (Å²) in [6.45, 7) is 4.41. The molecule has 0 spiro atoms. The Morgan fingerprint density at radius 1 is 1.50 bits per heavy atom. The Kier molecular flexibility index (Phi) is 3.87. The quantitative estimate of drug-likeness (QED) is 0.892. The molecule has 1 aromatic rings. The second-order valence-electron chi connectivity index (χ2n) is 4.76. The number of hydrogen-bond acceptors (Lipinski definition) is 3. The van der Waals surface area contributed by atoms with Crippen LogP contribution in [0.1, 0.15) is 31.9 Å². The van der Waals surface area contributed by atoms with Gasteiger partial charge in [0.25, 0.3) is 0 Å². The van der Waals surface area contributed by atoms with Gasteiger partial charge in [-0.1, -0.05) is 12.1 Å². The lowest BCUT2D eigenvalue weighted by atomic mass is 9.95. The number of rotatable bonds is 4. The molecule has 1 saturated heterocycles. The van der Waals surface area contributed by atoms with E-state index in [0.717, 1.165) is 11.3 Å². The highest BCUT2D eigenvalue weighted by atomic mass is 16.5. The zero-order chi connectivity index (χ0) is 13.1. The van der Waals surface area contributed by atoms with Gasteiger partial charge >= 0.3 is 5.97 Å². The van der Waals surface area contributed by atoms with Crippen LogP contribution in [0, 0.1) is 5.92 Å². The first kappa shape index (κ1) is 12.9. The van der Waals surface area contributed by atoms with Gasteiger partial charge in [-0.25, -0.2) is 0 Å². The lowest BCUT2D eigenvalue weighted by Crippen LogP contribution is -2.17. The molecule has 2 unspecified atom stereocenters. The van der Waals surface area contributed by atoms with Crippen LogP contribution >= 0.6 is 0 Å². The Labute approximate surface area is 107 Å². The van der Waals surface area contributed by atoms with Crippen molar-refractivity contribution in [2.75, 3.05) is 6.61 Å². The Balaban J connectivity index is 2.19. The minimum absolute atomic E-state index is 0.0972. The number of carboxylic acid groups (broad SMARTS) is 1. The van der Waals surface area contributed by atoms with Crippen LogP contribution in [0.2, 0.25) is 0 Å². The minimum atomic E-state index is -0.798. The number of ether oxygens (including phenoxy) is 2. The molecule has 1 N–H and O–H groups in total. The van der Waals surface area contributed by atoms with Crippen molar-refractivity contribution < 1.29 is 19.4 Å². The third kappa shape index (κ3) is 2.82. The van der Waals surface area contributed by atoms with E-state index >= 15 is 0 Å². The van der Waals surface area contributed by atoms with Crippen LogP contribution in [-0.2, 0) is 9.53 Å². The van der Waals surface area contributed by atoms with E-state index in [9.17, 15) is 4.79 Å². The topological polar surface area (TPSA) is 55.8 Å². The third-order valence-corrected chi connectivity index (χ3v) is 2.97. The highest BCUT2D eigenvalue weighted by Gasteiger charge is 2.35. The maximum Gasteiger partial charge on any atom is 0.309 e. The predicted octanol–water partition coefficient (Wildman–Crippen LogP) is 2.64. The molecule has 1 aliphatic rings. The second kappa shape index (κ2) is 5.40. The van der Waals surface area contributed by atoms with Gasteiger partial charge in [0.15, 0.2) is 0 Å². The van der Waals surface area contributed by atoms with Crippen molar-refractivity contribution in [3.63, 3.8) is 0 Å². The van der Waals surface area contributed by atoms with E-state index in [2.05, 4.69) is 0 Å². The van der Waals surface area contributed by atoms with E-state index in [1.165, 1.54) is 0 Å². The molecule has 2 atom stereocenters. The van der Waals surface area contributed by atoms with Crippen LogP contribution < -0.4 is 4.74 Å². The number of benzene rings is 1. The number of hydrogen-bond donors (Lipinski definition) is 1. The largest absolute Gasteiger partial charge is 0.491 e. The fraction of sp³-hybridized carbons (Fsp3) is 0.500. The molecule has 0 aliphatic carbocycles. The molecule has 0 amide bonds. The van der Waals surface area contributed by atoms with Gasteiger partial charge in [-0.15, -0.1) is 0 Å². The molecule has 4 nitrogen and oxygen atoms in total. The summed E-state index contributed by atoms with van der Waals surface area (Å²) >= 11 is 0. The van der Waals surface area contributed by atoms with E-state index in [-0.39, 0.29) is 12.2 Å². The summed E-state index contributed by atoms with van der Waals surface area (Å²) in [7, 11) is 0. The van der Waals surface area contributed by atoms with Crippen LogP contribution in [0.15, 0.2) is 24.3 Å². The van der Waals surface area contributed by atoms with Crippen molar-refractivity contribution in [1.29, 1.82) is 0 Å². The van der Waals surface area contributed by atoms with Crippen LogP contribution in [0.4, 0.5) is 0 Å². The standard InChI is InChI=1S/C14H18O4/c1-9(2)18-11-5-3-4-10(8-11)13-12(14(15)16)6-7-17-13/h3-5,8-9,12-13H,6-7H2,1-2H3,(H,15,16). The zero-order valence-corrected chi connectivity index (χ0v) is 10.6. The smallest absolute Gasteiger partial charge is 0.309 e. The fourth-order valence-corrected chi connectivity index (χ4v) is 2.21. The molecular formula is C14H18O4. The Morgan fingerprint density at radius 3 is 2.94 bits per heavy atom. The number of carboxylic acids is 1. The van der Waals surface area contributed by atoms with E-state index in [1.54, 1.807) is 0 Å². The molecule has 98 valence electrons. The van der Waals surface area contributed by atoms with E-state index in [4.69, 9.17) is 14.6 Å². The zero-order valence-electron chi connectivity index (χ0n) is 10.6. The maximum absolute atomic E-state index is 11.1. The fourth-order valence-electron chi connectivity index (χ4n) is 2.21. The van der Waals surface area contributed by atoms with Crippen molar-refractivity contribution >= 4 is 5.97 Å².